The summed E-state index contributed by atoms with van der Waals surface area (Å²) in [6, 6.07) is 13.3. The molecule has 9 heteroatoms. The lowest BCUT2D eigenvalue weighted by molar-refractivity contribution is 0.102. The lowest BCUT2D eigenvalue weighted by atomic mass is 10.1. The van der Waals surface area contributed by atoms with Crippen LogP contribution in [0.4, 0.5) is 5.69 Å². The number of carbonyl (C=O) groups excluding carboxylic acids is 1. The summed E-state index contributed by atoms with van der Waals surface area (Å²) in [5, 5.41) is 10.0. The molecule has 1 amide bonds. The van der Waals surface area contributed by atoms with Crippen LogP contribution in [0.1, 0.15) is 49.8 Å². The average Bonchev–Trinajstić information content (AvgIpc) is 3.25. The van der Waals surface area contributed by atoms with Crippen LogP contribution in [-0.4, -0.2) is 46.9 Å². The molecule has 3 rings (SSSR count). The molecule has 0 fully saturated rings. The van der Waals surface area contributed by atoms with Crippen molar-refractivity contribution in [3.63, 3.8) is 0 Å². The summed E-state index contributed by atoms with van der Waals surface area (Å²) in [5.74, 6) is 1.02. The summed E-state index contributed by atoms with van der Waals surface area (Å²) >= 11 is 0. The second-order valence-corrected chi connectivity index (χ2v) is 9.25. The van der Waals surface area contributed by atoms with Gasteiger partial charge in [-0.25, -0.2) is 13.4 Å². The number of aromatic amines is 1. The Hall–Kier alpha value is -3.04. The number of hydrogen-bond acceptors (Lipinski definition) is 5. The largest absolute Gasteiger partial charge is 0.321 e. The first-order valence-corrected chi connectivity index (χ1v) is 11.6. The molecule has 8 nitrogen and oxygen atoms in total. The first-order valence-electron chi connectivity index (χ1n) is 10.2. The lowest BCUT2D eigenvalue weighted by Crippen LogP contribution is -2.30. The van der Waals surface area contributed by atoms with Gasteiger partial charge in [0.25, 0.3) is 5.91 Å². The van der Waals surface area contributed by atoms with Gasteiger partial charge in [0.05, 0.1) is 10.6 Å². The number of hydrogen-bond donors (Lipinski definition) is 2. The highest BCUT2D eigenvalue weighted by Gasteiger charge is 2.23. The standard InChI is InChI=1S/C22H27N5O3S/c1-5-27(6-2)31(29,30)17-11-9-10-16(14-17)22(28)23-19-13-8-7-12-18(19)21-24-20(15(3)4)25-26-21/h7-15H,5-6H2,1-4H3,(H,23,28)(H,24,25,26). The fourth-order valence-electron chi connectivity index (χ4n) is 3.14. The van der Waals surface area contributed by atoms with E-state index in [2.05, 4.69) is 20.5 Å². The number of H-pyrrole nitrogens is 1. The first kappa shape index (κ1) is 22.6. The van der Waals surface area contributed by atoms with Crippen molar-refractivity contribution in [3.8, 4) is 11.4 Å². The van der Waals surface area contributed by atoms with Crippen LogP contribution in [0.2, 0.25) is 0 Å². The second-order valence-electron chi connectivity index (χ2n) is 7.32. The predicted octanol–water partition coefficient (Wildman–Crippen LogP) is 3.88. The van der Waals surface area contributed by atoms with E-state index in [1.54, 1.807) is 38.1 Å². The number of sulfonamides is 1. The van der Waals surface area contributed by atoms with Crippen molar-refractivity contribution < 1.29 is 13.2 Å². The number of para-hydroxylation sites is 1. The number of rotatable bonds is 8. The van der Waals surface area contributed by atoms with Crippen molar-refractivity contribution in [3.05, 3.63) is 59.9 Å². The van der Waals surface area contributed by atoms with Crippen molar-refractivity contribution in [1.29, 1.82) is 0 Å². The third-order valence-corrected chi connectivity index (χ3v) is 6.95. The molecule has 0 aliphatic rings. The summed E-state index contributed by atoms with van der Waals surface area (Å²) < 4.78 is 27.0. The molecule has 2 aromatic carbocycles. The van der Waals surface area contributed by atoms with Gasteiger partial charge in [0.15, 0.2) is 5.82 Å². The average molecular weight is 442 g/mol. The van der Waals surface area contributed by atoms with Crippen LogP contribution in [0.3, 0.4) is 0 Å². The Labute approximate surface area is 182 Å². The molecule has 1 heterocycles. The smallest absolute Gasteiger partial charge is 0.255 e. The van der Waals surface area contributed by atoms with E-state index < -0.39 is 15.9 Å². The summed E-state index contributed by atoms with van der Waals surface area (Å²) in [7, 11) is -3.66. The number of aromatic nitrogens is 3. The van der Waals surface area contributed by atoms with Gasteiger partial charge in [0, 0.05) is 30.1 Å². The van der Waals surface area contributed by atoms with Crippen LogP contribution < -0.4 is 5.32 Å². The molecule has 0 radical (unpaired) electrons. The molecule has 0 saturated heterocycles. The van der Waals surface area contributed by atoms with Gasteiger partial charge in [-0.05, 0) is 30.3 Å². The zero-order chi connectivity index (χ0) is 22.6. The third kappa shape index (κ3) is 4.83. The molecule has 31 heavy (non-hydrogen) atoms. The molecule has 0 aliphatic heterocycles. The van der Waals surface area contributed by atoms with Crippen molar-refractivity contribution in [1.82, 2.24) is 19.5 Å². The summed E-state index contributed by atoms with van der Waals surface area (Å²) in [6.45, 7) is 8.30. The van der Waals surface area contributed by atoms with Crippen molar-refractivity contribution >= 4 is 21.6 Å². The molecule has 0 unspecified atom stereocenters. The lowest BCUT2D eigenvalue weighted by Gasteiger charge is -2.18. The Balaban J connectivity index is 1.90. The van der Waals surface area contributed by atoms with Crippen LogP contribution in [0, 0.1) is 0 Å². The van der Waals surface area contributed by atoms with Crippen molar-refractivity contribution in [2.75, 3.05) is 18.4 Å². The minimum Gasteiger partial charge on any atom is -0.321 e. The Morgan fingerprint density at radius 1 is 1.10 bits per heavy atom. The van der Waals surface area contributed by atoms with E-state index in [0.717, 1.165) is 5.82 Å². The third-order valence-electron chi connectivity index (χ3n) is 4.91. The SMILES string of the molecule is CCN(CC)S(=O)(=O)c1cccc(C(=O)Nc2ccccc2-c2n[nH]c(C(C)C)n2)c1. The topological polar surface area (TPSA) is 108 Å². The highest BCUT2D eigenvalue weighted by molar-refractivity contribution is 7.89. The minimum absolute atomic E-state index is 0.0904. The Kier molecular flexibility index (Phi) is 6.87. The molecular weight excluding hydrogens is 414 g/mol. The number of amides is 1. The van der Waals surface area contributed by atoms with E-state index in [4.69, 9.17) is 0 Å². The maximum Gasteiger partial charge on any atom is 0.255 e. The molecule has 3 aromatic rings. The number of anilines is 1. The van der Waals surface area contributed by atoms with Gasteiger partial charge in [-0.3, -0.25) is 9.89 Å². The van der Waals surface area contributed by atoms with Gasteiger partial charge >= 0.3 is 0 Å². The fourth-order valence-corrected chi connectivity index (χ4v) is 4.65. The van der Waals surface area contributed by atoms with Gasteiger partial charge in [-0.1, -0.05) is 45.9 Å². The minimum atomic E-state index is -3.66. The summed E-state index contributed by atoms with van der Waals surface area (Å²) in [5.41, 5.74) is 1.46. The van der Waals surface area contributed by atoms with Gasteiger partial charge in [0.1, 0.15) is 5.82 Å². The van der Waals surface area contributed by atoms with Crippen LogP contribution in [0.5, 0.6) is 0 Å². The zero-order valence-corrected chi connectivity index (χ0v) is 18.9. The Morgan fingerprint density at radius 2 is 1.81 bits per heavy atom. The highest BCUT2D eigenvalue weighted by atomic mass is 32.2. The Morgan fingerprint density at radius 3 is 2.45 bits per heavy atom. The molecule has 1 aromatic heterocycles. The van der Waals surface area contributed by atoms with Gasteiger partial charge in [0.2, 0.25) is 10.0 Å². The molecule has 0 saturated carbocycles. The number of nitrogens with one attached hydrogen (secondary N) is 2. The number of carbonyl (C=O) groups is 1. The van der Waals surface area contributed by atoms with Gasteiger partial charge in [-0.2, -0.15) is 9.40 Å². The van der Waals surface area contributed by atoms with Crippen molar-refractivity contribution in [2.24, 2.45) is 0 Å². The number of benzene rings is 2. The maximum atomic E-state index is 12.9. The molecule has 0 aliphatic carbocycles. The molecule has 0 spiro atoms. The second kappa shape index (κ2) is 9.40. The molecule has 0 atom stereocenters. The first-order chi connectivity index (χ1) is 14.8. The van der Waals surface area contributed by atoms with E-state index in [9.17, 15) is 13.2 Å². The van der Waals surface area contributed by atoms with Gasteiger partial charge < -0.3 is 5.32 Å². The van der Waals surface area contributed by atoms with E-state index in [1.165, 1.54) is 16.4 Å². The molecule has 2 N–H and O–H groups in total. The molecule has 164 valence electrons. The zero-order valence-electron chi connectivity index (χ0n) is 18.1. The van der Waals surface area contributed by atoms with E-state index in [-0.39, 0.29) is 16.4 Å². The predicted molar refractivity (Wildman–Crippen MR) is 120 cm³/mol. The van der Waals surface area contributed by atoms with Crippen LogP contribution in [0.15, 0.2) is 53.4 Å². The highest BCUT2D eigenvalue weighted by Crippen LogP contribution is 2.27. The Bertz CT molecular complexity index is 1170. The van der Waals surface area contributed by atoms with Crippen molar-refractivity contribution in [2.45, 2.75) is 38.5 Å². The summed E-state index contributed by atoms with van der Waals surface area (Å²) in [4.78, 5) is 17.5. The fraction of sp³-hybridized carbons (Fsp3) is 0.318. The van der Waals surface area contributed by atoms with Crippen LogP contribution >= 0.6 is 0 Å². The van der Waals surface area contributed by atoms with E-state index >= 15 is 0 Å². The quantitative estimate of drug-likeness (QED) is 0.551. The maximum absolute atomic E-state index is 12.9. The van der Waals surface area contributed by atoms with E-state index in [1.807, 2.05) is 26.0 Å². The van der Waals surface area contributed by atoms with Crippen LogP contribution in [-0.2, 0) is 10.0 Å². The molecule has 0 bridgehead atoms. The van der Waals surface area contributed by atoms with Crippen LogP contribution in [0.25, 0.3) is 11.4 Å². The monoisotopic (exact) mass is 441 g/mol. The number of nitrogens with zero attached hydrogens (tertiary/aromatic N) is 3. The van der Waals surface area contributed by atoms with Gasteiger partial charge in [-0.15, -0.1) is 0 Å². The molecular formula is C22H27N5O3S. The summed E-state index contributed by atoms with van der Waals surface area (Å²) in [6.07, 6.45) is 0. The normalized spacial score (nSPS) is 11.8. The van der Waals surface area contributed by atoms with E-state index in [0.29, 0.717) is 30.2 Å².